The van der Waals surface area contributed by atoms with E-state index in [0.717, 1.165) is 0 Å². The minimum Gasteiger partial charge on any atom is -0.457 e. The van der Waals surface area contributed by atoms with Crippen molar-refractivity contribution in [3.05, 3.63) is 73.3 Å². The lowest BCUT2D eigenvalue weighted by molar-refractivity contribution is -0.384. The summed E-state index contributed by atoms with van der Waals surface area (Å²) in [5.41, 5.74) is 0.174. The van der Waals surface area contributed by atoms with Crippen LogP contribution in [0.25, 0.3) is 24.0 Å². The second-order valence-corrected chi connectivity index (χ2v) is 4.53. The minimum atomic E-state index is -0.529. The Hall–Kier alpha value is -3.35. The molecule has 2 aromatic heterocycles. The largest absolute Gasteiger partial charge is 0.457 e. The van der Waals surface area contributed by atoms with Crippen molar-refractivity contribution >= 4 is 18.3 Å². The van der Waals surface area contributed by atoms with Crippen LogP contribution in [0.2, 0.25) is 0 Å². The number of nitro benzene ring substituents is 1. The first-order chi connectivity index (χ1) is 10.5. The molecule has 22 heavy (non-hydrogen) atoms. The fourth-order valence-corrected chi connectivity index (χ4v) is 1.96. The third kappa shape index (κ3) is 2.47. The number of rotatable bonds is 3. The van der Waals surface area contributed by atoms with Gasteiger partial charge in [-0.1, -0.05) is 6.58 Å². The molecule has 0 bridgehead atoms. The molecule has 0 saturated heterocycles. The summed E-state index contributed by atoms with van der Waals surface area (Å²) >= 11 is 0. The summed E-state index contributed by atoms with van der Waals surface area (Å²) in [4.78, 5) is 21.6. The Labute approximate surface area is 122 Å². The van der Waals surface area contributed by atoms with Crippen molar-refractivity contribution in [3.63, 3.8) is 0 Å². The quantitative estimate of drug-likeness (QED) is 0.581. The number of hydrogen-bond acceptors (Lipinski definition) is 5. The zero-order valence-corrected chi connectivity index (χ0v) is 11.2. The second kappa shape index (κ2) is 5.21. The van der Waals surface area contributed by atoms with Gasteiger partial charge in [0.15, 0.2) is 0 Å². The van der Waals surface area contributed by atoms with E-state index in [1.54, 1.807) is 24.3 Å². The van der Waals surface area contributed by atoms with E-state index in [-0.39, 0.29) is 10.9 Å². The van der Waals surface area contributed by atoms with Gasteiger partial charge in [0.1, 0.15) is 11.5 Å². The standard InChI is InChI=1S/C15H10N2O5/c1-9-13(15(18)22-16-9)8-12-6-7-14(21-12)10-2-4-11(5-3-10)17(19)20/h2-8,16H,1H2. The monoisotopic (exact) mass is 298 g/mol. The van der Waals surface area contributed by atoms with Gasteiger partial charge in [-0.3, -0.25) is 10.1 Å². The van der Waals surface area contributed by atoms with Crippen molar-refractivity contribution in [1.82, 2.24) is 5.16 Å². The summed E-state index contributed by atoms with van der Waals surface area (Å²) < 4.78 is 10.2. The second-order valence-electron chi connectivity index (χ2n) is 4.53. The highest BCUT2D eigenvalue weighted by atomic mass is 16.6. The van der Waals surface area contributed by atoms with E-state index in [1.807, 2.05) is 0 Å². The number of furan rings is 1. The van der Waals surface area contributed by atoms with Crippen molar-refractivity contribution in [1.29, 1.82) is 0 Å². The number of aromatic nitrogens is 1. The Bertz CT molecular complexity index is 961. The Morgan fingerprint density at radius 3 is 2.50 bits per heavy atom. The highest BCUT2D eigenvalue weighted by molar-refractivity contribution is 5.61. The number of nitro groups is 1. The van der Waals surface area contributed by atoms with Crippen LogP contribution in [0.15, 0.2) is 50.1 Å². The molecule has 0 unspecified atom stereocenters. The fourth-order valence-electron chi connectivity index (χ4n) is 1.96. The number of H-pyrrole nitrogens is 1. The van der Waals surface area contributed by atoms with E-state index in [0.29, 0.717) is 22.4 Å². The summed E-state index contributed by atoms with van der Waals surface area (Å²) in [6.45, 7) is 3.64. The SMILES string of the molecule is C=c1[nH]oc(=O)c1=Cc1ccc(-c2ccc([N+](=O)[O-])cc2)o1. The van der Waals surface area contributed by atoms with Gasteiger partial charge in [0.05, 0.1) is 15.5 Å². The van der Waals surface area contributed by atoms with Gasteiger partial charge >= 0.3 is 5.63 Å². The number of hydrogen-bond donors (Lipinski definition) is 1. The van der Waals surface area contributed by atoms with Crippen LogP contribution in [0, 0.1) is 10.1 Å². The topological polar surface area (TPSA) is 102 Å². The van der Waals surface area contributed by atoms with Crippen LogP contribution in [-0.4, -0.2) is 10.1 Å². The molecule has 0 radical (unpaired) electrons. The first-order valence-corrected chi connectivity index (χ1v) is 6.27. The smallest absolute Gasteiger partial charge is 0.365 e. The normalized spacial score (nSPS) is 11.7. The molecule has 3 rings (SSSR count). The number of benzene rings is 1. The molecular weight excluding hydrogens is 288 g/mol. The molecule has 110 valence electrons. The van der Waals surface area contributed by atoms with Gasteiger partial charge < -0.3 is 8.94 Å². The van der Waals surface area contributed by atoms with Crippen LogP contribution in [0.4, 0.5) is 5.69 Å². The van der Waals surface area contributed by atoms with Gasteiger partial charge in [-0.2, -0.15) is 0 Å². The van der Waals surface area contributed by atoms with Crippen LogP contribution in [0.3, 0.4) is 0 Å². The van der Waals surface area contributed by atoms with Crippen molar-refractivity contribution in [2.75, 3.05) is 0 Å². The molecular formula is C15H10N2O5. The van der Waals surface area contributed by atoms with Crippen molar-refractivity contribution in [2.45, 2.75) is 0 Å². The average molecular weight is 298 g/mol. The summed E-state index contributed by atoms with van der Waals surface area (Å²) in [5, 5.41) is 13.6. The van der Waals surface area contributed by atoms with Gasteiger partial charge in [0.2, 0.25) is 0 Å². The van der Waals surface area contributed by atoms with Crippen LogP contribution in [-0.2, 0) is 0 Å². The van der Waals surface area contributed by atoms with Gasteiger partial charge in [0.25, 0.3) is 5.69 Å². The van der Waals surface area contributed by atoms with E-state index in [1.165, 1.54) is 18.2 Å². The van der Waals surface area contributed by atoms with Crippen LogP contribution < -0.4 is 16.2 Å². The zero-order chi connectivity index (χ0) is 15.7. The minimum absolute atomic E-state index is 0.00808. The summed E-state index contributed by atoms with van der Waals surface area (Å²) in [6, 6.07) is 9.38. The van der Waals surface area contributed by atoms with Crippen LogP contribution in [0.5, 0.6) is 0 Å². The van der Waals surface area contributed by atoms with Gasteiger partial charge in [-0.25, -0.2) is 9.95 Å². The first-order valence-electron chi connectivity index (χ1n) is 6.27. The molecule has 0 aliphatic carbocycles. The van der Waals surface area contributed by atoms with Crippen molar-refractivity contribution < 1.29 is 13.9 Å². The van der Waals surface area contributed by atoms with E-state index in [2.05, 4.69) is 16.3 Å². The number of non-ortho nitro benzene ring substituents is 1. The molecule has 0 amide bonds. The van der Waals surface area contributed by atoms with Crippen LogP contribution in [0.1, 0.15) is 5.76 Å². The Kier molecular flexibility index (Phi) is 3.23. The zero-order valence-electron chi connectivity index (χ0n) is 11.2. The first kappa shape index (κ1) is 13.6. The molecule has 3 aromatic rings. The van der Waals surface area contributed by atoms with E-state index in [4.69, 9.17) is 4.42 Å². The van der Waals surface area contributed by atoms with E-state index >= 15 is 0 Å². The summed E-state index contributed by atoms with van der Waals surface area (Å²) in [5.74, 6) is 0.983. The van der Waals surface area contributed by atoms with Gasteiger partial charge in [-0.15, -0.1) is 0 Å². The molecule has 0 aliphatic heterocycles. The lowest BCUT2D eigenvalue weighted by atomic mass is 10.1. The maximum Gasteiger partial charge on any atom is 0.365 e. The molecule has 1 N–H and O–H groups in total. The molecule has 0 saturated carbocycles. The lowest BCUT2D eigenvalue weighted by Crippen LogP contribution is -2.31. The molecule has 2 heterocycles. The fraction of sp³-hybridized carbons (Fsp3) is 0. The lowest BCUT2D eigenvalue weighted by Gasteiger charge is -1.96. The molecule has 0 atom stereocenters. The predicted molar refractivity (Wildman–Crippen MR) is 78.5 cm³/mol. The number of nitrogens with one attached hydrogen (secondary N) is 1. The average Bonchev–Trinajstić information content (AvgIpc) is 3.10. The predicted octanol–water partition coefficient (Wildman–Crippen LogP) is 1.38. The van der Waals surface area contributed by atoms with E-state index < -0.39 is 10.5 Å². The number of nitrogens with zero attached hydrogens (tertiary/aromatic N) is 1. The third-order valence-electron chi connectivity index (χ3n) is 3.09. The van der Waals surface area contributed by atoms with Crippen LogP contribution >= 0.6 is 0 Å². The Morgan fingerprint density at radius 2 is 1.91 bits per heavy atom. The molecule has 1 aromatic carbocycles. The summed E-state index contributed by atoms with van der Waals surface area (Å²) in [6.07, 6.45) is 1.51. The molecule has 0 aliphatic rings. The summed E-state index contributed by atoms with van der Waals surface area (Å²) in [7, 11) is 0. The third-order valence-corrected chi connectivity index (χ3v) is 3.09. The maximum absolute atomic E-state index is 11.4. The van der Waals surface area contributed by atoms with E-state index in [9.17, 15) is 14.9 Å². The molecule has 0 fully saturated rings. The van der Waals surface area contributed by atoms with Gasteiger partial charge in [-0.05, 0) is 30.3 Å². The Balaban J connectivity index is 1.98. The van der Waals surface area contributed by atoms with Crippen molar-refractivity contribution in [2.24, 2.45) is 0 Å². The highest BCUT2D eigenvalue weighted by Gasteiger charge is 2.08. The Morgan fingerprint density at radius 1 is 1.18 bits per heavy atom. The van der Waals surface area contributed by atoms with Crippen molar-refractivity contribution in [3.8, 4) is 11.3 Å². The molecule has 7 heteroatoms. The highest BCUT2D eigenvalue weighted by Crippen LogP contribution is 2.24. The molecule has 0 spiro atoms. The molecule has 7 nitrogen and oxygen atoms in total. The maximum atomic E-state index is 11.4. The van der Waals surface area contributed by atoms with Gasteiger partial charge in [0, 0.05) is 17.7 Å². The number of aromatic amines is 1.